The van der Waals surface area contributed by atoms with E-state index in [9.17, 15) is 0 Å². The molecule has 0 saturated heterocycles. The smallest absolute Gasteiger partial charge is 0.130 e. The number of hydrogen-bond acceptors (Lipinski definition) is 3. The van der Waals surface area contributed by atoms with E-state index in [1.165, 1.54) is 0 Å². The number of benzene rings is 1. The quantitative estimate of drug-likeness (QED) is 0.775. The van der Waals surface area contributed by atoms with Crippen LogP contribution in [0.2, 0.25) is 0 Å². The Bertz CT molecular complexity index is 502. The summed E-state index contributed by atoms with van der Waals surface area (Å²) in [6, 6.07) is 11.3. The van der Waals surface area contributed by atoms with Gasteiger partial charge in [0.15, 0.2) is 0 Å². The number of aromatic nitrogens is 1. The molecular weight excluding hydrogens is 250 g/mol. The number of halogens is 1. The summed E-state index contributed by atoms with van der Waals surface area (Å²) in [4.78, 5) is 4.20. The van der Waals surface area contributed by atoms with E-state index in [4.69, 9.17) is 21.1 Å². The highest BCUT2D eigenvalue weighted by Gasteiger charge is 2.05. The fourth-order valence-electron chi connectivity index (χ4n) is 1.56. The van der Waals surface area contributed by atoms with Gasteiger partial charge in [0.25, 0.3) is 0 Å². The van der Waals surface area contributed by atoms with Crippen LogP contribution >= 0.6 is 11.6 Å². The lowest BCUT2D eigenvalue weighted by molar-refractivity contribution is 0.298. The molecule has 0 atom stereocenters. The van der Waals surface area contributed by atoms with Crippen molar-refractivity contribution >= 4 is 11.6 Å². The van der Waals surface area contributed by atoms with Gasteiger partial charge in [0.1, 0.15) is 18.1 Å². The van der Waals surface area contributed by atoms with Crippen LogP contribution in [0.1, 0.15) is 11.3 Å². The van der Waals surface area contributed by atoms with Crippen LogP contribution in [0.5, 0.6) is 11.5 Å². The van der Waals surface area contributed by atoms with E-state index in [1.54, 1.807) is 13.3 Å². The van der Waals surface area contributed by atoms with Crippen LogP contribution in [0.25, 0.3) is 0 Å². The van der Waals surface area contributed by atoms with Crippen molar-refractivity contribution in [3.05, 3.63) is 53.9 Å². The first-order valence-corrected chi connectivity index (χ1v) is 6.12. The number of alkyl halides is 1. The third-order valence-corrected chi connectivity index (χ3v) is 2.80. The summed E-state index contributed by atoms with van der Waals surface area (Å²) < 4.78 is 10.9. The van der Waals surface area contributed by atoms with Crippen LogP contribution in [0.15, 0.2) is 42.6 Å². The van der Waals surface area contributed by atoms with Crippen LogP contribution in [-0.2, 0) is 12.5 Å². The number of nitrogens with zero attached hydrogens (tertiary/aromatic N) is 1. The van der Waals surface area contributed by atoms with Crippen molar-refractivity contribution in [1.82, 2.24) is 4.98 Å². The Hall–Kier alpha value is -1.74. The second-order valence-corrected chi connectivity index (χ2v) is 3.98. The van der Waals surface area contributed by atoms with Gasteiger partial charge in [-0.2, -0.15) is 0 Å². The maximum Gasteiger partial charge on any atom is 0.130 e. The summed E-state index contributed by atoms with van der Waals surface area (Å²) >= 11 is 5.89. The predicted octanol–water partition coefficient (Wildman–Crippen LogP) is 3.41. The number of methoxy groups -OCH3 is 1. The number of rotatable bonds is 5. The van der Waals surface area contributed by atoms with Gasteiger partial charge >= 0.3 is 0 Å². The van der Waals surface area contributed by atoms with Crippen molar-refractivity contribution in [2.75, 3.05) is 7.11 Å². The minimum atomic E-state index is 0.384. The maximum absolute atomic E-state index is 5.89. The molecule has 4 heteroatoms. The van der Waals surface area contributed by atoms with Gasteiger partial charge in [-0.25, -0.2) is 0 Å². The third kappa shape index (κ3) is 3.14. The van der Waals surface area contributed by atoms with Gasteiger partial charge < -0.3 is 9.47 Å². The highest BCUT2D eigenvalue weighted by Crippen LogP contribution is 2.26. The van der Waals surface area contributed by atoms with Crippen molar-refractivity contribution in [3.8, 4) is 11.5 Å². The molecule has 0 N–H and O–H groups in total. The molecule has 1 aromatic carbocycles. The average Bonchev–Trinajstić information content (AvgIpc) is 2.46. The summed E-state index contributed by atoms with van der Waals surface area (Å²) in [5.41, 5.74) is 1.79. The molecule has 18 heavy (non-hydrogen) atoms. The summed E-state index contributed by atoms with van der Waals surface area (Å²) in [5, 5.41) is 0. The lowest BCUT2D eigenvalue weighted by Crippen LogP contribution is -2.00. The molecule has 1 heterocycles. The zero-order valence-electron chi connectivity index (χ0n) is 10.1. The van der Waals surface area contributed by atoms with E-state index >= 15 is 0 Å². The monoisotopic (exact) mass is 263 g/mol. The molecule has 0 unspecified atom stereocenters. The molecule has 0 aliphatic carbocycles. The summed E-state index contributed by atoms with van der Waals surface area (Å²) in [6.07, 6.45) is 1.75. The first-order chi connectivity index (χ1) is 8.83. The zero-order chi connectivity index (χ0) is 12.8. The molecule has 94 valence electrons. The lowest BCUT2D eigenvalue weighted by atomic mass is 10.2. The van der Waals surface area contributed by atoms with Crippen LogP contribution < -0.4 is 9.47 Å². The van der Waals surface area contributed by atoms with Gasteiger partial charge in [0, 0.05) is 11.8 Å². The SMILES string of the molecule is COc1ccc(OCc2ccccn2)c(CCl)c1. The van der Waals surface area contributed by atoms with Crippen LogP contribution in [-0.4, -0.2) is 12.1 Å². The molecule has 0 fully saturated rings. The molecule has 0 saturated carbocycles. The minimum absolute atomic E-state index is 0.384. The van der Waals surface area contributed by atoms with Gasteiger partial charge in [0.05, 0.1) is 18.7 Å². The van der Waals surface area contributed by atoms with Crippen LogP contribution in [0.4, 0.5) is 0 Å². The molecule has 3 nitrogen and oxygen atoms in total. The Kier molecular flexibility index (Phi) is 4.42. The summed E-state index contributed by atoms with van der Waals surface area (Å²) in [6.45, 7) is 0.428. The normalized spacial score (nSPS) is 10.1. The first kappa shape index (κ1) is 12.7. The third-order valence-electron chi connectivity index (χ3n) is 2.51. The topological polar surface area (TPSA) is 31.4 Å². The molecule has 2 rings (SSSR count). The van der Waals surface area contributed by atoms with E-state index in [0.29, 0.717) is 12.5 Å². The molecule has 0 bridgehead atoms. The van der Waals surface area contributed by atoms with Gasteiger partial charge in [-0.15, -0.1) is 11.6 Å². The van der Waals surface area contributed by atoms with E-state index in [-0.39, 0.29) is 0 Å². The number of hydrogen-bond donors (Lipinski definition) is 0. The molecule has 0 aliphatic rings. The van der Waals surface area contributed by atoms with E-state index in [2.05, 4.69) is 4.98 Å². The second kappa shape index (κ2) is 6.26. The minimum Gasteiger partial charge on any atom is -0.497 e. The predicted molar refractivity (Wildman–Crippen MR) is 71.1 cm³/mol. The molecule has 0 radical (unpaired) electrons. The standard InChI is InChI=1S/C14H14ClNO2/c1-17-13-5-6-14(11(8-13)9-15)18-10-12-4-2-3-7-16-12/h2-8H,9-10H2,1H3. The van der Waals surface area contributed by atoms with Crippen molar-refractivity contribution in [1.29, 1.82) is 0 Å². The molecule has 1 aromatic heterocycles. The van der Waals surface area contributed by atoms with Gasteiger partial charge in [0.2, 0.25) is 0 Å². The largest absolute Gasteiger partial charge is 0.497 e. The van der Waals surface area contributed by atoms with Crippen molar-refractivity contribution in [2.24, 2.45) is 0 Å². The Morgan fingerprint density at radius 2 is 2.11 bits per heavy atom. The van der Waals surface area contributed by atoms with Crippen molar-refractivity contribution < 1.29 is 9.47 Å². The summed E-state index contributed by atoms with van der Waals surface area (Å²) in [5.74, 6) is 1.92. The Balaban J connectivity index is 2.09. The lowest BCUT2D eigenvalue weighted by Gasteiger charge is -2.11. The molecule has 0 aliphatic heterocycles. The number of pyridine rings is 1. The maximum atomic E-state index is 5.89. The first-order valence-electron chi connectivity index (χ1n) is 5.59. The Morgan fingerprint density at radius 1 is 1.22 bits per heavy atom. The molecule has 2 aromatic rings. The molecular formula is C14H14ClNO2. The van der Waals surface area contributed by atoms with Crippen LogP contribution in [0, 0.1) is 0 Å². The van der Waals surface area contributed by atoms with Crippen LogP contribution in [0.3, 0.4) is 0 Å². The number of ether oxygens (including phenoxy) is 2. The second-order valence-electron chi connectivity index (χ2n) is 3.72. The van der Waals surface area contributed by atoms with Crippen molar-refractivity contribution in [2.45, 2.75) is 12.5 Å². The average molecular weight is 264 g/mol. The van der Waals surface area contributed by atoms with Gasteiger partial charge in [-0.05, 0) is 30.3 Å². The Labute approximate surface area is 111 Å². The zero-order valence-corrected chi connectivity index (χ0v) is 10.9. The highest BCUT2D eigenvalue weighted by atomic mass is 35.5. The van der Waals surface area contributed by atoms with Gasteiger partial charge in [-0.1, -0.05) is 6.07 Å². The van der Waals surface area contributed by atoms with E-state index in [1.807, 2.05) is 36.4 Å². The fraction of sp³-hybridized carbons (Fsp3) is 0.214. The fourth-order valence-corrected chi connectivity index (χ4v) is 1.77. The molecule has 0 spiro atoms. The van der Waals surface area contributed by atoms with Gasteiger partial charge in [-0.3, -0.25) is 4.98 Å². The van der Waals surface area contributed by atoms with E-state index in [0.717, 1.165) is 22.8 Å². The highest BCUT2D eigenvalue weighted by molar-refractivity contribution is 6.17. The Morgan fingerprint density at radius 3 is 2.78 bits per heavy atom. The van der Waals surface area contributed by atoms with Crippen molar-refractivity contribution in [3.63, 3.8) is 0 Å². The summed E-state index contributed by atoms with van der Waals surface area (Å²) in [7, 11) is 1.63. The van der Waals surface area contributed by atoms with E-state index < -0.39 is 0 Å². The molecule has 0 amide bonds.